The summed E-state index contributed by atoms with van der Waals surface area (Å²) in [6.45, 7) is 1.90. The van der Waals surface area contributed by atoms with Gasteiger partial charge in [-0.1, -0.05) is 35.0 Å². The monoisotopic (exact) mass is 302 g/mol. The van der Waals surface area contributed by atoms with Crippen molar-refractivity contribution in [2.24, 2.45) is 0 Å². The Hall–Kier alpha value is -1.23. The summed E-state index contributed by atoms with van der Waals surface area (Å²) in [5, 5.41) is 0. The molecule has 1 aromatic rings. The molecule has 0 saturated heterocycles. The van der Waals surface area contributed by atoms with Crippen molar-refractivity contribution < 1.29 is 18.7 Å². The van der Waals surface area contributed by atoms with Gasteiger partial charge in [0.15, 0.2) is 0 Å². The number of esters is 1. The van der Waals surface area contributed by atoms with Crippen LogP contribution >= 0.6 is 15.9 Å². The molecule has 0 bridgehead atoms. The molecule has 0 saturated carbocycles. The van der Waals surface area contributed by atoms with Crippen LogP contribution in [0.4, 0.5) is 4.39 Å². The summed E-state index contributed by atoms with van der Waals surface area (Å²) in [5.41, 5.74) is 0.139. The lowest BCUT2D eigenvalue weighted by Gasteiger charge is -2.07. The SMILES string of the molecule is CCCOC(=O)C(F)C(=O)c1cccc(Br)c1. The smallest absolute Gasteiger partial charge is 0.349 e. The normalized spacial score (nSPS) is 11.9. The summed E-state index contributed by atoms with van der Waals surface area (Å²) >= 11 is 3.17. The number of carbonyl (C=O) groups excluding carboxylic acids is 2. The standard InChI is InChI=1S/C12H12BrFO3/c1-2-6-17-12(16)10(14)11(15)8-4-3-5-9(13)7-8/h3-5,7,10H,2,6H2,1H3. The maximum atomic E-state index is 13.5. The molecule has 1 unspecified atom stereocenters. The third kappa shape index (κ3) is 3.93. The number of carbonyl (C=O) groups is 2. The van der Waals surface area contributed by atoms with E-state index in [1.165, 1.54) is 12.1 Å². The minimum absolute atomic E-state index is 0.116. The molecule has 1 atom stereocenters. The molecule has 0 N–H and O–H groups in total. The highest BCUT2D eigenvalue weighted by atomic mass is 79.9. The number of alkyl halides is 1. The van der Waals surface area contributed by atoms with E-state index in [4.69, 9.17) is 0 Å². The molecule has 0 fully saturated rings. The second-order valence-electron chi connectivity index (χ2n) is 3.40. The molecule has 1 aromatic carbocycles. The van der Waals surface area contributed by atoms with Crippen LogP contribution in [0.3, 0.4) is 0 Å². The summed E-state index contributed by atoms with van der Waals surface area (Å²) in [4.78, 5) is 22.8. The van der Waals surface area contributed by atoms with Gasteiger partial charge < -0.3 is 4.74 Å². The second kappa shape index (κ2) is 6.49. The van der Waals surface area contributed by atoms with Gasteiger partial charge in [0.25, 0.3) is 6.17 Å². The Balaban J connectivity index is 2.72. The summed E-state index contributed by atoms with van der Waals surface area (Å²) in [7, 11) is 0. The van der Waals surface area contributed by atoms with E-state index in [2.05, 4.69) is 20.7 Å². The first kappa shape index (κ1) is 13.8. The minimum atomic E-state index is -2.25. The molecule has 3 nitrogen and oxygen atoms in total. The van der Waals surface area contributed by atoms with Crippen LogP contribution < -0.4 is 0 Å². The highest BCUT2D eigenvalue weighted by Gasteiger charge is 2.28. The first-order chi connectivity index (χ1) is 8.06. The van der Waals surface area contributed by atoms with Crippen molar-refractivity contribution in [3.05, 3.63) is 34.3 Å². The Morgan fingerprint density at radius 3 is 2.76 bits per heavy atom. The number of rotatable bonds is 5. The number of benzene rings is 1. The van der Waals surface area contributed by atoms with Crippen LogP contribution in [0.5, 0.6) is 0 Å². The van der Waals surface area contributed by atoms with E-state index in [0.29, 0.717) is 10.9 Å². The van der Waals surface area contributed by atoms with Crippen LogP contribution in [-0.2, 0) is 9.53 Å². The Labute approximate surface area is 107 Å². The fourth-order valence-electron chi connectivity index (χ4n) is 1.17. The molecule has 0 aliphatic heterocycles. The second-order valence-corrected chi connectivity index (χ2v) is 4.32. The van der Waals surface area contributed by atoms with Crippen molar-refractivity contribution >= 4 is 27.7 Å². The first-order valence-electron chi connectivity index (χ1n) is 5.16. The highest BCUT2D eigenvalue weighted by molar-refractivity contribution is 9.10. The van der Waals surface area contributed by atoms with E-state index in [0.717, 1.165) is 0 Å². The van der Waals surface area contributed by atoms with Gasteiger partial charge in [0.2, 0.25) is 5.78 Å². The maximum absolute atomic E-state index is 13.5. The number of ether oxygens (including phenoxy) is 1. The van der Waals surface area contributed by atoms with Crippen LogP contribution in [0.15, 0.2) is 28.7 Å². The molecule has 92 valence electrons. The van der Waals surface area contributed by atoms with Gasteiger partial charge in [-0.25, -0.2) is 9.18 Å². The number of hydrogen-bond acceptors (Lipinski definition) is 3. The maximum Gasteiger partial charge on any atom is 0.349 e. The van der Waals surface area contributed by atoms with E-state index >= 15 is 0 Å². The van der Waals surface area contributed by atoms with E-state index in [-0.39, 0.29) is 12.2 Å². The quantitative estimate of drug-likeness (QED) is 0.477. The highest BCUT2D eigenvalue weighted by Crippen LogP contribution is 2.14. The molecule has 0 aliphatic rings. The Bertz CT molecular complexity index is 420. The van der Waals surface area contributed by atoms with Crippen molar-refractivity contribution in [2.45, 2.75) is 19.5 Å². The number of ketones is 1. The molecule has 0 aromatic heterocycles. The van der Waals surface area contributed by atoms with Crippen LogP contribution in [0.1, 0.15) is 23.7 Å². The zero-order valence-corrected chi connectivity index (χ0v) is 10.9. The Morgan fingerprint density at radius 1 is 1.47 bits per heavy atom. The van der Waals surface area contributed by atoms with Crippen LogP contribution in [-0.4, -0.2) is 24.5 Å². The van der Waals surface area contributed by atoms with Gasteiger partial charge in [-0.2, -0.15) is 0 Å². The van der Waals surface area contributed by atoms with E-state index in [1.54, 1.807) is 19.1 Å². The van der Waals surface area contributed by atoms with Gasteiger partial charge >= 0.3 is 5.97 Å². The van der Waals surface area contributed by atoms with E-state index < -0.39 is 17.9 Å². The summed E-state index contributed by atoms with van der Waals surface area (Å²) in [6.07, 6.45) is -1.67. The van der Waals surface area contributed by atoms with Crippen LogP contribution in [0.2, 0.25) is 0 Å². The average Bonchev–Trinajstić information content (AvgIpc) is 2.34. The molecular weight excluding hydrogens is 291 g/mol. The third-order valence-electron chi connectivity index (χ3n) is 1.99. The fourth-order valence-corrected chi connectivity index (χ4v) is 1.57. The van der Waals surface area contributed by atoms with Crippen LogP contribution in [0.25, 0.3) is 0 Å². The lowest BCUT2D eigenvalue weighted by atomic mass is 10.1. The Kier molecular flexibility index (Phi) is 5.28. The summed E-state index contributed by atoms with van der Waals surface area (Å²) in [5.74, 6) is -2.01. The van der Waals surface area contributed by atoms with Gasteiger partial charge in [0, 0.05) is 10.0 Å². The minimum Gasteiger partial charge on any atom is -0.463 e. The van der Waals surface area contributed by atoms with Gasteiger partial charge in [0.1, 0.15) is 0 Å². The predicted molar refractivity (Wildman–Crippen MR) is 64.6 cm³/mol. The van der Waals surface area contributed by atoms with E-state index in [1.807, 2.05) is 0 Å². The van der Waals surface area contributed by atoms with E-state index in [9.17, 15) is 14.0 Å². The van der Waals surface area contributed by atoms with Gasteiger partial charge in [-0.3, -0.25) is 4.79 Å². The number of Topliss-reactive ketones (excluding diaryl/α,β-unsaturated/α-hetero) is 1. The zero-order chi connectivity index (χ0) is 12.8. The third-order valence-corrected chi connectivity index (χ3v) is 2.49. The molecule has 0 heterocycles. The topological polar surface area (TPSA) is 43.4 Å². The van der Waals surface area contributed by atoms with Crippen molar-refractivity contribution in [1.82, 2.24) is 0 Å². The lowest BCUT2D eigenvalue weighted by Crippen LogP contribution is -2.28. The largest absolute Gasteiger partial charge is 0.463 e. The summed E-state index contributed by atoms with van der Waals surface area (Å²) < 4.78 is 18.7. The van der Waals surface area contributed by atoms with Crippen molar-refractivity contribution in [3.63, 3.8) is 0 Å². The molecule has 0 aliphatic carbocycles. The molecule has 0 radical (unpaired) electrons. The Morgan fingerprint density at radius 2 is 2.18 bits per heavy atom. The molecule has 1 rings (SSSR count). The fraction of sp³-hybridized carbons (Fsp3) is 0.333. The first-order valence-corrected chi connectivity index (χ1v) is 5.96. The van der Waals surface area contributed by atoms with Gasteiger partial charge in [-0.15, -0.1) is 0 Å². The predicted octanol–water partition coefficient (Wildman–Crippen LogP) is 2.92. The molecule has 5 heteroatoms. The van der Waals surface area contributed by atoms with Gasteiger partial charge in [0.05, 0.1) is 6.61 Å². The lowest BCUT2D eigenvalue weighted by molar-refractivity contribution is -0.147. The van der Waals surface area contributed by atoms with Gasteiger partial charge in [-0.05, 0) is 18.6 Å². The van der Waals surface area contributed by atoms with Crippen LogP contribution in [0, 0.1) is 0 Å². The van der Waals surface area contributed by atoms with Crippen molar-refractivity contribution in [3.8, 4) is 0 Å². The molecular formula is C12H12BrFO3. The molecule has 0 amide bonds. The molecule has 17 heavy (non-hydrogen) atoms. The molecule has 0 spiro atoms. The number of hydrogen-bond donors (Lipinski definition) is 0. The van der Waals surface area contributed by atoms with Crippen molar-refractivity contribution in [2.75, 3.05) is 6.61 Å². The van der Waals surface area contributed by atoms with Crippen molar-refractivity contribution in [1.29, 1.82) is 0 Å². The number of halogens is 2. The zero-order valence-electron chi connectivity index (χ0n) is 9.28. The summed E-state index contributed by atoms with van der Waals surface area (Å²) in [6, 6.07) is 6.22. The average molecular weight is 303 g/mol.